The molecule has 0 aliphatic heterocycles. The van der Waals surface area contributed by atoms with Crippen LogP contribution in [0.15, 0.2) is 30.9 Å². The zero-order chi connectivity index (χ0) is 16.1. The Balaban J connectivity index is 3.01. The van der Waals surface area contributed by atoms with Crippen molar-refractivity contribution in [1.82, 2.24) is 0 Å². The zero-order valence-electron chi connectivity index (χ0n) is 11.0. The third kappa shape index (κ3) is 5.08. The molecule has 0 N–H and O–H groups in total. The van der Waals surface area contributed by atoms with Gasteiger partial charge in [-0.15, -0.1) is 6.58 Å². The molecule has 1 aromatic carbocycles. The Morgan fingerprint density at radius 2 is 1.71 bits per heavy atom. The van der Waals surface area contributed by atoms with Crippen molar-refractivity contribution in [2.45, 2.75) is 31.8 Å². The SMILES string of the molecule is C=CCCCOCc1cccc(C(F)(F)F)c1C(F)(F)F. The predicted molar refractivity (Wildman–Crippen MR) is 65.5 cm³/mol. The van der Waals surface area contributed by atoms with Gasteiger partial charge in [-0.1, -0.05) is 18.2 Å². The predicted octanol–water partition coefficient (Wildman–Crippen LogP) is 5.21. The van der Waals surface area contributed by atoms with Gasteiger partial charge in [0.2, 0.25) is 0 Å². The minimum atomic E-state index is -5.09. The molecule has 1 nitrogen and oxygen atoms in total. The number of halogens is 6. The summed E-state index contributed by atoms with van der Waals surface area (Å²) < 4.78 is 81.8. The number of benzene rings is 1. The lowest BCUT2D eigenvalue weighted by molar-refractivity contribution is -0.163. The van der Waals surface area contributed by atoms with Gasteiger partial charge in [-0.25, -0.2) is 0 Å². The number of allylic oxidation sites excluding steroid dienone is 1. The van der Waals surface area contributed by atoms with Gasteiger partial charge >= 0.3 is 12.4 Å². The molecule has 0 spiro atoms. The monoisotopic (exact) mass is 312 g/mol. The van der Waals surface area contributed by atoms with Crippen LogP contribution in [-0.2, 0) is 23.7 Å². The van der Waals surface area contributed by atoms with Crippen molar-refractivity contribution in [3.05, 3.63) is 47.5 Å². The molecule has 7 heteroatoms. The van der Waals surface area contributed by atoms with Crippen LogP contribution in [0.5, 0.6) is 0 Å². The Kier molecular flexibility index (Phi) is 5.83. The van der Waals surface area contributed by atoms with Gasteiger partial charge in [0, 0.05) is 6.61 Å². The molecule has 0 bridgehead atoms. The summed E-state index contributed by atoms with van der Waals surface area (Å²) in [5, 5.41) is 0. The van der Waals surface area contributed by atoms with Gasteiger partial charge < -0.3 is 4.74 Å². The summed E-state index contributed by atoms with van der Waals surface area (Å²) in [5.41, 5.74) is -3.89. The minimum absolute atomic E-state index is 0.152. The molecule has 0 fully saturated rings. The fraction of sp³-hybridized carbons (Fsp3) is 0.429. The Morgan fingerprint density at radius 3 is 2.24 bits per heavy atom. The lowest BCUT2D eigenvalue weighted by atomic mass is 10.0. The molecule has 0 radical (unpaired) electrons. The van der Waals surface area contributed by atoms with Gasteiger partial charge in [-0.3, -0.25) is 0 Å². The summed E-state index contributed by atoms with van der Waals surface area (Å²) in [4.78, 5) is 0. The molecular formula is C14H14F6O. The molecule has 118 valence electrons. The Labute approximate surface area is 118 Å². The van der Waals surface area contributed by atoms with Crippen molar-refractivity contribution in [2.75, 3.05) is 6.61 Å². The first-order valence-electron chi connectivity index (χ1n) is 6.13. The van der Waals surface area contributed by atoms with E-state index in [1.807, 2.05) is 0 Å². The van der Waals surface area contributed by atoms with Crippen LogP contribution >= 0.6 is 0 Å². The van der Waals surface area contributed by atoms with Crippen molar-refractivity contribution in [3.63, 3.8) is 0 Å². The summed E-state index contributed by atoms with van der Waals surface area (Å²) in [6, 6.07) is 2.36. The lowest BCUT2D eigenvalue weighted by Gasteiger charge is -2.19. The van der Waals surface area contributed by atoms with Crippen LogP contribution < -0.4 is 0 Å². The van der Waals surface area contributed by atoms with E-state index < -0.39 is 35.6 Å². The average molecular weight is 312 g/mol. The third-order valence-corrected chi connectivity index (χ3v) is 2.69. The summed E-state index contributed by atoms with van der Waals surface area (Å²) in [7, 11) is 0. The van der Waals surface area contributed by atoms with Crippen LogP contribution in [0.2, 0.25) is 0 Å². The average Bonchev–Trinajstić information content (AvgIpc) is 2.36. The fourth-order valence-electron chi connectivity index (χ4n) is 1.80. The normalized spacial score (nSPS) is 12.5. The van der Waals surface area contributed by atoms with Crippen LogP contribution in [0.3, 0.4) is 0 Å². The fourth-order valence-corrected chi connectivity index (χ4v) is 1.80. The van der Waals surface area contributed by atoms with E-state index in [1.54, 1.807) is 6.08 Å². The standard InChI is InChI=1S/C14H14F6O/c1-2-3-4-8-21-9-10-6-5-7-11(13(15,16)17)12(10)14(18,19)20/h2,5-7H,1,3-4,8-9H2. The van der Waals surface area contributed by atoms with Gasteiger partial charge in [0.1, 0.15) is 0 Å². The number of unbranched alkanes of at least 4 members (excludes halogenated alkanes) is 1. The largest absolute Gasteiger partial charge is 0.417 e. The van der Waals surface area contributed by atoms with E-state index >= 15 is 0 Å². The molecule has 21 heavy (non-hydrogen) atoms. The van der Waals surface area contributed by atoms with E-state index in [9.17, 15) is 26.3 Å². The van der Waals surface area contributed by atoms with Crippen LogP contribution in [0, 0.1) is 0 Å². The first-order valence-corrected chi connectivity index (χ1v) is 6.13. The molecule has 1 rings (SSSR count). The highest BCUT2D eigenvalue weighted by atomic mass is 19.4. The second-order valence-corrected chi connectivity index (χ2v) is 4.32. The maximum atomic E-state index is 12.9. The van der Waals surface area contributed by atoms with E-state index in [2.05, 4.69) is 6.58 Å². The van der Waals surface area contributed by atoms with Crippen molar-refractivity contribution < 1.29 is 31.1 Å². The van der Waals surface area contributed by atoms with E-state index in [0.717, 1.165) is 12.1 Å². The highest BCUT2D eigenvalue weighted by Crippen LogP contribution is 2.42. The molecule has 0 saturated carbocycles. The van der Waals surface area contributed by atoms with Crippen molar-refractivity contribution in [3.8, 4) is 0 Å². The molecule has 0 aliphatic carbocycles. The summed E-state index contributed by atoms with van der Waals surface area (Å²) >= 11 is 0. The summed E-state index contributed by atoms with van der Waals surface area (Å²) in [6.45, 7) is 3.11. The highest BCUT2D eigenvalue weighted by Gasteiger charge is 2.44. The van der Waals surface area contributed by atoms with E-state index in [0.29, 0.717) is 18.9 Å². The molecule has 0 heterocycles. The van der Waals surface area contributed by atoms with Crippen LogP contribution in [0.4, 0.5) is 26.3 Å². The topological polar surface area (TPSA) is 9.23 Å². The number of alkyl halides is 6. The van der Waals surface area contributed by atoms with Crippen molar-refractivity contribution in [1.29, 1.82) is 0 Å². The molecular weight excluding hydrogens is 298 g/mol. The smallest absolute Gasteiger partial charge is 0.377 e. The molecule has 0 aliphatic rings. The number of hydrogen-bond donors (Lipinski definition) is 0. The van der Waals surface area contributed by atoms with E-state index in [-0.39, 0.29) is 6.61 Å². The third-order valence-electron chi connectivity index (χ3n) is 2.69. The maximum absolute atomic E-state index is 12.9. The summed E-state index contributed by atoms with van der Waals surface area (Å²) in [5.74, 6) is 0. The van der Waals surface area contributed by atoms with Gasteiger partial charge in [-0.05, 0) is 24.5 Å². The Hall–Kier alpha value is -1.50. The Bertz CT molecular complexity index is 475. The lowest BCUT2D eigenvalue weighted by Crippen LogP contribution is -2.19. The van der Waals surface area contributed by atoms with Crippen LogP contribution in [-0.4, -0.2) is 6.61 Å². The second-order valence-electron chi connectivity index (χ2n) is 4.32. The molecule has 1 aromatic rings. The van der Waals surface area contributed by atoms with Gasteiger partial charge in [0.05, 0.1) is 17.7 Å². The first kappa shape index (κ1) is 17.6. The highest BCUT2D eigenvalue weighted by molar-refractivity contribution is 5.39. The number of hydrogen-bond acceptors (Lipinski definition) is 1. The molecule has 0 unspecified atom stereocenters. The summed E-state index contributed by atoms with van der Waals surface area (Å²) in [6.07, 6.45) is -7.37. The number of rotatable bonds is 6. The van der Waals surface area contributed by atoms with Gasteiger partial charge in [-0.2, -0.15) is 26.3 Å². The molecule has 0 saturated heterocycles. The van der Waals surface area contributed by atoms with Crippen LogP contribution in [0.25, 0.3) is 0 Å². The molecule has 0 aromatic heterocycles. The van der Waals surface area contributed by atoms with E-state index in [1.165, 1.54) is 0 Å². The van der Waals surface area contributed by atoms with Crippen LogP contribution in [0.1, 0.15) is 29.5 Å². The quantitative estimate of drug-likeness (QED) is 0.398. The first-order chi connectivity index (χ1) is 9.68. The molecule has 0 atom stereocenters. The minimum Gasteiger partial charge on any atom is -0.377 e. The molecule has 0 amide bonds. The van der Waals surface area contributed by atoms with E-state index in [4.69, 9.17) is 4.74 Å². The second kappa shape index (κ2) is 6.98. The number of ether oxygens (including phenoxy) is 1. The maximum Gasteiger partial charge on any atom is 0.417 e. The van der Waals surface area contributed by atoms with Crippen molar-refractivity contribution >= 4 is 0 Å². The van der Waals surface area contributed by atoms with Gasteiger partial charge in [0.25, 0.3) is 0 Å². The van der Waals surface area contributed by atoms with Gasteiger partial charge in [0.15, 0.2) is 0 Å². The Morgan fingerprint density at radius 1 is 1.05 bits per heavy atom. The van der Waals surface area contributed by atoms with Crippen molar-refractivity contribution in [2.24, 2.45) is 0 Å². The zero-order valence-corrected chi connectivity index (χ0v) is 11.0.